The summed E-state index contributed by atoms with van der Waals surface area (Å²) in [5.74, 6) is 0. The molecule has 0 saturated carbocycles. The standard InChI is InChI=1S/C12H9IO2S/c13-16(14,15)12-8-6-11(7-9-12)10-4-2-1-3-5-10/h1-9H. The Balaban J connectivity index is 2.41. The van der Waals surface area contributed by atoms with Gasteiger partial charge in [0.05, 0.1) is 26.1 Å². The fourth-order valence-corrected chi connectivity index (χ4v) is 2.78. The Morgan fingerprint density at radius 3 is 1.75 bits per heavy atom. The van der Waals surface area contributed by atoms with Gasteiger partial charge in [-0.15, -0.1) is 0 Å². The second kappa shape index (κ2) is 4.55. The smallest absolute Gasteiger partial charge is 0.213 e. The third kappa shape index (κ3) is 2.62. The molecule has 2 nitrogen and oxygen atoms in total. The zero-order valence-electron chi connectivity index (χ0n) is 8.30. The molecule has 82 valence electrons. The molecule has 0 fully saturated rings. The van der Waals surface area contributed by atoms with Gasteiger partial charge in [0.1, 0.15) is 0 Å². The lowest BCUT2D eigenvalue weighted by atomic mass is 10.1. The average molecular weight is 344 g/mol. The van der Waals surface area contributed by atoms with Gasteiger partial charge in [0.2, 0.25) is 7.01 Å². The van der Waals surface area contributed by atoms with Gasteiger partial charge in [0, 0.05) is 0 Å². The van der Waals surface area contributed by atoms with Crippen molar-refractivity contribution in [2.45, 2.75) is 4.90 Å². The van der Waals surface area contributed by atoms with Gasteiger partial charge in [0.25, 0.3) is 0 Å². The van der Waals surface area contributed by atoms with E-state index in [2.05, 4.69) is 0 Å². The van der Waals surface area contributed by atoms with Crippen LogP contribution in [0.3, 0.4) is 0 Å². The van der Waals surface area contributed by atoms with Crippen LogP contribution in [0.25, 0.3) is 11.1 Å². The molecule has 0 aliphatic carbocycles. The molecule has 0 aliphatic rings. The van der Waals surface area contributed by atoms with E-state index in [1.54, 1.807) is 12.1 Å². The normalized spacial score (nSPS) is 11.3. The Hall–Kier alpha value is -0.880. The van der Waals surface area contributed by atoms with E-state index in [9.17, 15) is 8.42 Å². The van der Waals surface area contributed by atoms with Crippen LogP contribution in [0.5, 0.6) is 0 Å². The maximum absolute atomic E-state index is 11.3. The topological polar surface area (TPSA) is 34.1 Å². The second-order valence-electron chi connectivity index (χ2n) is 3.33. The minimum Gasteiger partial charge on any atom is -0.213 e. The summed E-state index contributed by atoms with van der Waals surface area (Å²) in [7, 11) is -3.13. The summed E-state index contributed by atoms with van der Waals surface area (Å²) in [4.78, 5) is 0.341. The van der Waals surface area contributed by atoms with Crippen LogP contribution in [0, 0.1) is 0 Å². The summed E-state index contributed by atoms with van der Waals surface area (Å²) < 4.78 is 22.5. The fraction of sp³-hybridized carbons (Fsp3) is 0. The maximum atomic E-state index is 11.3. The molecule has 0 spiro atoms. The molecule has 0 saturated heterocycles. The zero-order valence-corrected chi connectivity index (χ0v) is 11.3. The van der Waals surface area contributed by atoms with E-state index in [0.717, 1.165) is 11.1 Å². The Morgan fingerprint density at radius 2 is 1.25 bits per heavy atom. The molecule has 0 aromatic heterocycles. The van der Waals surface area contributed by atoms with Gasteiger partial charge in [0.15, 0.2) is 0 Å². The van der Waals surface area contributed by atoms with Crippen molar-refractivity contribution < 1.29 is 8.42 Å². The van der Waals surface area contributed by atoms with Crippen molar-refractivity contribution in [3.63, 3.8) is 0 Å². The lowest BCUT2D eigenvalue weighted by molar-refractivity contribution is 0.612. The Labute approximate surface area is 107 Å². The number of hydrogen-bond acceptors (Lipinski definition) is 2. The molecular formula is C12H9IO2S. The van der Waals surface area contributed by atoms with E-state index in [4.69, 9.17) is 0 Å². The molecular weight excluding hydrogens is 335 g/mol. The summed E-state index contributed by atoms with van der Waals surface area (Å²) in [5, 5.41) is 0. The quantitative estimate of drug-likeness (QED) is 0.618. The first-order valence-electron chi connectivity index (χ1n) is 4.67. The molecule has 0 N–H and O–H groups in total. The third-order valence-corrected chi connectivity index (χ3v) is 4.60. The largest absolute Gasteiger partial charge is 0.231 e. The van der Waals surface area contributed by atoms with Crippen molar-refractivity contribution >= 4 is 28.2 Å². The highest BCUT2D eigenvalue weighted by molar-refractivity contribution is 14.2. The van der Waals surface area contributed by atoms with Crippen molar-refractivity contribution in [1.29, 1.82) is 0 Å². The van der Waals surface area contributed by atoms with E-state index >= 15 is 0 Å². The second-order valence-corrected chi connectivity index (χ2v) is 8.15. The number of halogens is 1. The van der Waals surface area contributed by atoms with Crippen molar-refractivity contribution in [3.8, 4) is 11.1 Å². The average Bonchev–Trinajstić information content (AvgIpc) is 2.29. The molecule has 0 amide bonds. The summed E-state index contributed by atoms with van der Waals surface area (Å²) in [6.45, 7) is 0. The molecule has 0 heterocycles. The summed E-state index contributed by atoms with van der Waals surface area (Å²) >= 11 is 1.44. The van der Waals surface area contributed by atoms with Crippen LogP contribution in [0.15, 0.2) is 59.5 Å². The first kappa shape index (κ1) is 11.6. The van der Waals surface area contributed by atoms with Crippen molar-refractivity contribution in [2.75, 3.05) is 0 Å². The van der Waals surface area contributed by atoms with Crippen molar-refractivity contribution in [1.82, 2.24) is 0 Å². The van der Waals surface area contributed by atoms with Gasteiger partial charge in [-0.1, -0.05) is 42.5 Å². The highest BCUT2D eigenvalue weighted by Crippen LogP contribution is 2.23. The minimum absolute atomic E-state index is 0.341. The Bertz CT molecular complexity index is 574. The highest BCUT2D eigenvalue weighted by Gasteiger charge is 2.08. The van der Waals surface area contributed by atoms with Gasteiger partial charge in [-0.05, 0) is 23.3 Å². The minimum atomic E-state index is -3.13. The predicted octanol–water partition coefficient (Wildman–Crippen LogP) is 3.48. The maximum Gasteiger partial charge on any atom is 0.231 e. The number of benzene rings is 2. The molecule has 4 heteroatoms. The highest BCUT2D eigenvalue weighted by atomic mass is 127. The lowest BCUT2D eigenvalue weighted by Crippen LogP contribution is -1.88. The van der Waals surface area contributed by atoms with Crippen molar-refractivity contribution in [3.05, 3.63) is 54.6 Å². The van der Waals surface area contributed by atoms with Crippen LogP contribution in [-0.4, -0.2) is 8.42 Å². The van der Waals surface area contributed by atoms with Crippen LogP contribution < -0.4 is 0 Å². The summed E-state index contributed by atoms with van der Waals surface area (Å²) in [6.07, 6.45) is 0. The Morgan fingerprint density at radius 1 is 0.750 bits per heavy atom. The first-order chi connectivity index (χ1) is 7.57. The monoisotopic (exact) mass is 344 g/mol. The molecule has 16 heavy (non-hydrogen) atoms. The van der Waals surface area contributed by atoms with Crippen molar-refractivity contribution in [2.24, 2.45) is 0 Å². The molecule has 2 aromatic carbocycles. The summed E-state index contributed by atoms with van der Waals surface area (Å²) in [5.41, 5.74) is 2.10. The van der Waals surface area contributed by atoms with E-state index < -0.39 is 7.01 Å². The van der Waals surface area contributed by atoms with E-state index in [-0.39, 0.29) is 0 Å². The van der Waals surface area contributed by atoms with Gasteiger partial charge < -0.3 is 0 Å². The van der Waals surface area contributed by atoms with Gasteiger partial charge in [-0.25, -0.2) is 8.42 Å². The van der Waals surface area contributed by atoms with Gasteiger partial charge in [-0.3, -0.25) is 0 Å². The molecule has 0 aliphatic heterocycles. The summed E-state index contributed by atoms with van der Waals surface area (Å²) in [6, 6.07) is 16.8. The third-order valence-electron chi connectivity index (χ3n) is 2.24. The van der Waals surface area contributed by atoms with Gasteiger partial charge in [-0.2, -0.15) is 0 Å². The van der Waals surface area contributed by atoms with Gasteiger partial charge >= 0.3 is 0 Å². The molecule has 2 rings (SSSR count). The zero-order chi connectivity index (χ0) is 11.6. The van der Waals surface area contributed by atoms with Crippen LogP contribution in [0.2, 0.25) is 0 Å². The van der Waals surface area contributed by atoms with Crippen LogP contribution >= 0.6 is 21.2 Å². The van der Waals surface area contributed by atoms with Crippen LogP contribution in [0.4, 0.5) is 0 Å². The predicted molar refractivity (Wildman–Crippen MR) is 73.1 cm³/mol. The fourth-order valence-electron chi connectivity index (χ4n) is 1.44. The molecule has 0 atom stereocenters. The molecule has 0 bridgehead atoms. The number of hydrogen-bond donors (Lipinski definition) is 0. The van der Waals surface area contributed by atoms with Crippen LogP contribution in [-0.2, 0) is 7.01 Å². The number of rotatable bonds is 2. The first-order valence-corrected chi connectivity index (χ1v) is 8.70. The van der Waals surface area contributed by atoms with E-state index in [0.29, 0.717) is 4.90 Å². The Kier molecular flexibility index (Phi) is 3.30. The SMILES string of the molecule is O=S(=O)(I)c1ccc(-c2ccccc2)cc1. The molecule has 0 radical (unpaired) electrons. The molecule has 2 aromatic rings. The van der Waals surface area contributed by atoms with E-state index in [1.165, 1.54) is 21.2 Å². The van der Waals surface area contributed by atoms with E-state index in [1.807, 2.05) is 42.5 Å². The lowest BCUT2D eigenvalue weighted by Gasteiger charge is -2.02. The van der Waals surface area contributed by atoms with Crippen LogP contribution in [0.1, 0.15) is 0 Å². The molecule has 0 unspecified atom stereocenters.